The highest BCUT2D eigenvalue weighted by Gasteiger charge is 2.09. The topological polar surface area (TPSA) is 63.3 Å². The highest BCUT2D eigenvalue weighted by molar-refractivity contribution is 5.94. The van der Waals surface area contributed by atoms with Crippen molar-refractivity contribution in [2.24, 2.45) is 0 Å². The first-order valence-electron chi connectivity index (χ1n) is 3.88. The lowest BCUT2D eigenvalue weighted by Crippen LogP contribution is -2.04. The Kier molecular flexibility index (Phi) is 4.73. The average molecular weight is 214 g/mol. The second kappa shape index (κ2) is 5.29. The molecule has 1 aromatic rings. The van der Waals surface area contributed by atoms with Crippen LogP contribution in [0, 0.1) is 0 Å². The summed E-state index contributed by atoms with van der Waals surface area (Å²) in [6.07, 6.45) is 2.28. The maximum absolute atomic E-state index is 10.7. The lowest BCUT2D eigenvalue weighted by Gasteiger charge is -2.05. The monoisotopic (exact) mass is 213 g/mol. The number of anilines is 1. The van der Waals surface area contributed by atoms with E-state index in [0.717, 1.165) is 5.56 Å². The normalized spacial score (nSPS) is 8.86. The van der Waals surface area contributed by atoms with E-state index in [4.69, 9.17) is 10.8 Å². The van der Waals surface area contributed by atoms with Gasteiger partial charge in [-0.1, -0.05) is 18.2 Å². The van der Waals surface area contributed by atoms with Gasteiger partial charge in [-0.25, -0.2) is 4.79 Å². The van der Waals surface area contributed by atoms with Gasteiger partial charge >= 0.3 is 5.97 Å². The van der Waals surface area contributed by atoms with Gasteiger partial charge < -0.3 is 10.8 Å². The zero-order valence-electron chi connectivity index (χ0n) is 7.56. The first-order chi connectivity index (χ1) is 6.16. The number of carboxylic acids is 1. The summed E-state index contributed by atoms with van der Waals surface area (Å²) in [7, 11) is 0. The largest absolute Gasteiger partial charge is 0.478 e. The maximum atomic E-state index is 10.7. The molecule has 14 heavy (non-hydrogen) atoms. The summed E-state index contributed by atoms with van der Waals surface area (Å²) in [5.41, 5.74) is 6.92. The van der Waals surface area contributed by atoms with Gasteiger partial charge in [0, 0.05) is 5.69 Å². The molecule has 4 heteroatoms. The van der Waals surface area contributed by atoms with E-state index in [1.165, 1.54) is 6.07 Å². The number of carboxylic acid groups (broad SMARTS) is 1. The van der Waals surface area contributed by atoms with E-state index in [0.29, 0.717) is 12.1 Å². The predicted molar refractivity (Wildman–Crippen MR) is 59.0 cm³/mol. The summed E-state index contributed by atoms with van der Waals surface area (Å²) in [5, 5.41) is 8.75. The SMILES string of the molecule is C=CCc1cccc(C(=O)O)c1N.Cl. The molecule has 1 rings (SSSR count). The molecule has 0 amide bonds. The summed E-state index contributed by atoms with van der Waals surface area (Å²) in [5.74, 6) is -0.997. The number of benzene rings is 1. The molecule has 3 nitrogen and oxygen atoms in total. The number of hydrogen-bond acceptors (Lipinski definition) is 2. The Bertz CT molecular complexity index is 350. The zero-order valence-corrected chi connectivity index (χ0v) is 8.38. The van der Waals surface area contributed by atoms with Gasteiger partial charge in [-0.3, -0.25) is 0 Å². The van der Waals surface area contributed by atoms with Crippen molar-refractivity contribution < 1.29 is 9.90 Å². The summed E-state index contributed by atoms with van der Waals surface area (Å²) in [6, 6.07) is 4.96. The van der Waals surface area contributed by atoms with Crippen LogP contribution < -0.4 is 5.73 Å². The van der Waals surface area contributed by atoms with E-state index < -0.39 is 5.97 Å². The number of carbonyl (C=O) groups is 1. The minimum absolute atomic E-state index is 0. The van der Waals surface area contributed by atoms with Crippen LogP contribution in [0.1, 0.15) is 15.9 Å². The van der Waals surface area contributed by atoms with E-state index in [9.17, 15) is 4.79 Å². The number of halogens is 1. The van der Waals surface area contributed by atoms with Crippen LogP contribution in [0.15, 0.2) is 30.9 Å². The molecule has 0 aromatic heterocycles. The zero-order chi connectivity index (χ0) is 9.84. The Morgan fingerprint density at radius 3 is 2.71 bits per heavy atom. The molecule has 0 aliphatic heterocycles. The molecule has 0 radical (unpaired) electrons. The van der Waals surface area contributed by atoms with Crippen molar-refractivity contribution in [2.75, 3.05) is 5.73 Å². The highest BCUT2D eigenvalue weighted by atomic mass is 35.5. The minimum Gasteiger partial charge on any atom is -0.478 e. The molecule has 0 saturated carbocycles. The first-order valence-corrected chi connectivity index (χ1v) is 3.88. The van der Waals surface area contributed by atoms with Crippen LogP contribution in [0.2, 0.25) is 0 Å². The van der Waals surface area contributed by atoms with Crippen molar-refractivity contribution in [2.45, 2.75) is 6.42 Å². The number of nitrogens with two attached hydrogens (primary N) is 1. The number of aromatic carboxylic acids is 1. The van der Waals surface area contributed by atoms with Crippen LogP contribution in [-0.2, 0) is 6.42 Å². The van der Waals surface area contributed by atoms with Crippen LogP contribution in [0.3, 0.4) is 0 Å². The first kappa shape index (κ1) is 12.5. The number of rotatable bonds is 3. The summed E-state index contributed by atoms with van der Waals surface area (Å²) in [6.45, 7) is 3.57. The minimum atomic E-state index is -0.997. The van der Waals surface area contributed by atoms with Gasteiger partial charge in [-0.2, -0.15) is 0 Å². The lowest BCUT2D eigenvalue weighted by atomic mass is 10.1. The third-order valence-corrected chi connectivity index (χ3v) is 1.79. The Balaban J connectivity index is 0.00000169. The summed E-state index contributed by atoms with van der Waals surface area (Å²) < 4.78 is 0. The van der Waals surface area contributed by atoms with E-state index in [2.05, 4.69) is 6.58 Å². The molecule has 0 fully saturated rings. The summed E-state index contributed by atoms with van der Waals surface area (Å²) in [4.78, 5) is 10.7. The van der Waals surface area contributed by atoms with Gasteiger partial charge in [0.1, 0.15) is 0 Å². The Morgan fingerprint density at radius 1 is 1.57 bits per heavy atom. The van der Waals surface area contributed by atoms with Crippen LogP contribution in [0.5, 0.6) is 0 Å². The Labute approximate surface area is 88.7 Å². The number of para-hydroxylation sites is 1. The fourth-order valence-electron chi connectivity index (χ4n) is 1.13. The molecule has 0 unspecified atom stereocenters. The van der Waals surface area contributed by atoms with Crippen LogP contribution in [0.25, 0.3) is 0 Å². The molecule has 76 valence electrons. The fourth-order valence-corrected chi connectivity index (χ4v) is 1.13. The molecule has 0 heterocycles. The molecule has 3 N–H and O–H groups in total. The lowest BCUT2D eigenvalue weighted by molar-refractivity contribution is 0.0698. The molecular formula is C10H12ClNO2. The average Bonchev–Trinajstić information content (AvgIpc) is 2.08. The molecule has 0 aliphatic rings. The fraction of sp³-hybridized carbons (Fsp3) is 0.100. The van der Waals surface area contributed by atoms with E-state index in [-0.39, 0.29) is 18.0 Å². The molecule has 0 bridgehead atoms. The van der Waals surface area contributed by atoms with E-state index in [1.807, 2.05) is 0 Å². The van der Waals surface area contributed by atoms with E-state index in [1.54, 1.807) is 18.2 Å². The van der Waals surface area contributed by atoms with Crippen LogP contribution >= 0.6 is 12.4 Å². The van der Waals surface area contributed by atoms with Crippen molar-refractivity contribution >= 4 is 24.1 Å². The molecule has 0 atom stereocenters. The standard InChI is InChI=1S/C10H11NO2.ClH/c1-2-4-7-5-3-6-8(9(7)11)10(12)13;/h2-3,5-6H,1,4,11H2,(H,12,13);1H. The van der Waals surface area contributed by atoms with Crippen LogP contribution in [-0.4, -0.2) is 11.1 Å². The van der Waals surface area contributed by atoms with Crippen molar-refractivity contribution in [1.29, 1.82) is 0 Å². The smallest absolute Gasteiger partial charge is 0.337 e. The third kappa shape index (κ3) is 2.50. The number of allylic oxidation sites excluding steroid dienone is 1. The van der Waals surface area contributed by atoms with Gasteiger partial charge in [0.25, 0.3) is 0 Å². The maximum Gasteiger partial charge on any atom is 0.337 e. The van der Waals surface area contributed by atoms with E-state index >= 15 is 0 Å². The highest BCUT2D eigenvalue weighted by Crippen LogP contribution is 2.18. The summed E-state index contributed by atoms with van der Waals surface area (Å²) >= 11 is 0. The molecule has 0 aliphatic carbocycles. The van der Waals surface area contributed by atoms with Crippen LogP contribution in [0.4, 0.5) is 5.69 Å². The molecule has 1 aromatic carbocycles. The van der Waals surface area contributed by atoms with Crippen molar-refractivity contribution in [3.63, 3.8) is 0 Å². The predicted octanol–water partition coefficient (Wildman–Crippen LogP) is 2.12. The Hall–Kier alpha value is -1.48. The quantitative estimate of drug-likeness (QED) is 0.597. The van der Waals surface area contributed by atoms with Crippen molar-refractivity contribution in [3.8, 4) is 0 Å². The molecule has 0 spiro atoms. The molecule has 0 saturated heterocycles. The number of nitrogen functional groups attached to an aromatic ring is 1. The molecular weight excluding hydrogens is 202 g/mol. The second-order valence-electron chi connectivity index (χ2n) is 2.68. The van der Waals surface area contributed by atoms with Crippen molar-refractivity contribution in [1.82, 2.24) is 0 Å². The van der Waals surface area contributed by atoms with Gasteiger partial charge in [0.15, 0.2) is 0 Å². The van der Waals surface area contributed by atoms with Crippen molar-refractivity contribution in [3.05, 3.63) is 42.0 Å². The van der Waals surface area contributed by atoms with Gasteiger partial charge in [0.05, 0.1) is 5.56 Å². The van der Waals surface area contributed by atoms with Gasteiger partial charge in [0.2, 0.25) is 0 Å². The number of hydrogen-bond donors (Lipinski definition) is 2. The van der Waals surface area contributed by atoms with Gasteiger partial charge in [-0.05, 0) is 18.1 Å². The Morgan fingerprint density at radius 2 is 2.21 bits per heavy atom. The third-order valence-electron chi connectivity index (χ3n) is 1.79. The van der Waals surface area contributed by atoms with Gasteiger partial charge in [-0.15, -0.1) is 19.0 Å². The second-order valence-corrected chi connectivity index (χ2v) is 2.68.